The molecule has 0 radical (unpaired) electrons. The summed E-state index contributed by atoms with van der Waals surface area (Å²) in [5, 5.41) is 4.80. The Morgan fingerprint density at radius 1 is 1.62 bits per heavy atom. The van der Waals surface area contributed by atoms with Crippen molar-refractivity contribution in [1.29, 1.82) is 0 Å². The molecule has 1 aromatic heterocycles. The average molecular weight is 330 g/mol. The van der Waals surface area contributed by atoms with E-state index in [2.05, 4.69) is 17.2 Å². The molecule has 1 unspecified atom stereocenters. The van der Waals surface area contributed by atoms with E-state index in [1.54, 1.807) is 21.8 Å². The molecule has 0 saturated carbocycles. The van der Waals surface area contributed by atoms with Crippen LogP contribution in [0.1, 0.15) is 19.8 Å². The van der Waals surface area contributed by atoms with Gasteiger partial charge < -0.3 is 11.1 Å². The van der Waals surface area contributed by atoms with E-state index < -0.39 is 10.0 Å². The van der Waals surface area contributed by atoms with Gasteiger partial charge in [0, 0.05) is 26.2 Å². The lowest BCUT2D eigenvalue weighted by molar-refractivity contribution is 0.460. The van der Waals surface area contributed by atoms with Crippen molar-refractivity contribution in [2.75, 3.05) is 26.2 Å². The third-order valence-corrected chi connectivity index (χ3v) is 6.65. The number of nitrogens with zero attached hydrogens (tertiary/aromatic N) is 2. The molecule has 1 saturated heterocycles. The Morgan fingerprint density at radius 2 is 2.43 bits per heavy atom. The Kier molecular flexibility index (Phi) is 5.60. The first kappa shape index (κ1) is 16.3. The molecule has 3 N–H and O–H groups in total. The van der Waals surface area contributed by atoms with E-state index in [9.17, 15) is 8.42 Å². The predicted octanol–water partition coefficient (Wildman–Crippen LogP) is 1.07. The summed E-state index contributed by atoms with van der Waals surface area (Å²) < 4.78 is 26.7. The summed E-state index contributed by atoms with van der Waals surface area (Å²) in [5.41, 5.74) is 5.74. The van der Waals surface area contributed by atoms with Gasteiger partial charge in [0.2, 0.25) is 0 Å². The summed E-state index contributed by atoms with van der Waals surface area (Å²) in [6.45, 7) is 4.51. The van der Waals surface area contributed by atoms with Crippen LogP contribution in [-0.2, 0) is 10.0 Å². The maximum absolute atomic E-state index is 12.4. The van der Waals surface area contributed by atoms with Crippen molar-refractivity contribution < 1.29 is 8.42 Å². The third-order valence-electron chi connectivity index (χ3n) is 3.41. The molecule has 1 atom stereocenters. The van der Waals surface area contributed by atoms with Crippen LogP contribution < -0.4 is 11.1 Å². The molecular formula is C13H22N4O2S2. The van der Waals surface area contributed by atoms with Crippen molar-refractivity contribution in [1.82, 2.24) is 9.62 Å². The summed E-state index contributed by atoms with van der Waals surface area (Å²) in [4.78, 5) is 4.29. The fourth-order valence-corrected chi connectivity index (χ4v) is 4.91. The number of rotatable bonds is 6. The molecule has 1 aromatic rings. The molecule has 2 rings (SSSR count). The molecule has 0 spiro atoms. The highest BCUT2D eigenvalue weighted by Gasteiger charge is 2.32. The minimum Gasteiger partial charge on any atom is -0.370 e. The van der Waals surface area contributed by atoms with Gasteiger partial charge in [-0.25, -0.2) is 8.42 Å². The zero-order valence-corrected chi connectivity index (χ0v) is 13.8. The van der Waals surface area contributed by atoms with E-state index in [1.165, 1.54) is 11.3 Å². The summed E-state index contributed by atoms with van der Waals surface area (Å²) >= 11 is 1.26. The van der Waals surface area contributed by atoms with Gasteiger partial charge in [0.25, 0.3) is 10.0 Å². The molecule has 6 nitrogen and oxygen atoms in total. The molecule has 0 aromatic carbocycles. The summed E-state index contributed by atoms with van der Waals surface area (Å²) in [6, 6.07) is 3.41. The largest absolute Gasteiger partial charge is 0.370 e. The molecule has 0 aliphatic carbocycles. The topological polar surface area (TPSA) is 87.8 Å². The highest BCUT2D eigenvalue weighted by atomic mass is 32.2. The van der Waals surface area contributed by atoms with Gasteiger partial charge in [-0.15, -0.1) is 11.3 Å². The quantitative estimate of drug-likeness (QED) is 0.603. The van der Waals surface area contributed by atoms with Crippen LogP contribution in [0.2, 0.25) is 0 Å². The average Bonchev–Trinajstić information content (AvgIpc) is 3.13. The lowest BCUT2D eigenvalue weighted by atomic mass is 10.1. The Balaban J connectivity index is 1.89. The van der Waals surface area contributed by atoms with Gasteiger partial charge in [-0.05, 0) is 30.2 Å². The highest BCUT2D eigenvalue weighted by molar-refractivity contribution is 7.91. The number of nitrogens with two attached hydrogens (primary N) is 1. The zero-order valence-electron chi connectivity index (χ0n) is 12.2. The normalized spacial score (nSPS) is 20.8. The standard InChI is InChI=1S/C13H22N4O2S2/c1-2-6-15-13(14)16-9-11-5-7-17(10-11)21(18,19)12-4-3-8-20-12/h3-4,8,11H,2,5-7,9-10H2,1H3,(H3,14,15,16). The Labute approximate surface area is 130 Å². The predicted molar refractivity (Wildman–Crippen MR) is 86.0 cm³/mol. The summed E-state index contributed by atoms with van der Waals surface area (Å²) in [7, 11) is -3.32. The second-order valence-corrected chi connectivity index (χ2v) is 8.22. The van der Waals surface area contributed by atoms with Crippen LogP contribution >= 0.6 is 11.3 Å². The lowest BCUT2D eigenvalue weighted by Crippen LogP contribution is -2.33. The SMILES string of the molecule is CCCNC(N)=NCC1CCN(S(=O)(=O)c2cccs2)C1. The van der Waals surface area contributed by atoms with Crippen LogP contribution in [0.5, 0.6) is 0 Å². The van der Waals surface area contributed by atoms with Crippen LogP contribution in [-0.4, -0.2) is 44.9 Å². The monoisotopic (exact) mass is 330 g/mol. The van der Waals surface area contributed by atoms with Gasteiger partial charge in [0.15, 0.2) is 5.96 Å². The lowest BCUT2D eigenvalue weighted by Gasteiger charge is -2.14. The smallest absolute Gasteiger partial charge is 0.252 e. The van der Waals surface area contributed by atoms with Gasteiger partial charge in [0.05, 0.1) is 0 Å². The molecule has 118 valence electrons. The van der Waals surface area contributed by atoms with Crippen molar-refractivity contribution in [2.24, 2.45) is 16.6 Å². The van der Waals surface area contributed by atoms with Crippen LogP contribution in [0, 0.1) is 5.92 Å². The molecular weight excluding hydrogens is 308 g/mol. The van der Waals surface area contributed by atoms with Crippen molar-refractivity contribution in [3.05, 3.63) is 17.5 Å². The second kappa shape index (κ2) is 7.24. The Hall–Kier alpha value is -1.12. The fraction of sp³-hybridized carbons (Fsp3) is 0.615. The number of sulfonamides is 1. The molecule has 21 heavy (non-hydrogen) atoms. The van der Waals surface area contributed by atoms with Crippen LogP contribution in [0.25, 0.3) is 0 Å². The molecule has 1 fully saturated rings. The second-order valence-electron chi connectivity index (χ2n) is 5.10. The molecule has 8 heteroatoms. The first-order valence-corrected chi connectivity index (χ1v) is 9.43. The number of aliphatic imine (C=N–C) groups is 1. The van der Waals surface area contributed by atoms with E-state index in [-0.39, 0.29) is 5.92 Å². The summed E-state index contributed by atoms with van der Waals surface area (Å²) in [5.74, 6) is 0.679. The number of hydrogen-bond acceptors (Lipinski definition) is 4. The number of guanidine groups is 1. The van der Waals surface area contributed by atoms with E-state index in [0.717, 1.165) is 19.4 Å². The maximum Gasteiger partial charge on any atom is 0.252 e. The van der Waals surface area contributed by atoms with E-state index >= 15 is 0 Å². The van der Waals surface area contributed by atoms with E-state index in [4.69, 9.17) is 5.73 Å². The van der Waals surface area contributed by atoms with Gasteiger partial charge in [-0.2, -0.15) is 4.31 Å². The van der Waals surface area contributed by atoms with Crippen molar-refractivity contribution in [3.8, 4) is 0 Å². The van der Waals surface area contributed by atoms with Crippen molar-refractivity contribution in [2.45, 2.75) is 24.0 Å². The highest BCUT2D eigenvalue weighted by Crippen LogP contribution is 2.26. The number of thiophene rings is 1. The first-order chi connectivity index (χ1) is 10.0. The Bertz CT molecular complexity index is 569. The van der Waals surface area contributed by atoms with Crippen molar-refractivity contribution in [3.63, 3.8) is 0 Å². The minimum atomic E-state index is -3.32. The Morgan fingerprint density at radius 3 is 3.10 bits per heavy atom. The van der Waals surface area contributed by atoms with Crippen LogP contribution in [0.3, 0.4) is 0 Å². The summed E-state index contributed by atoms with van der Waals surface area (Å²) in [6.07, 6.45) is 1.82. The minimum absolute atomic E-state index is 0.238. The fourth-order valence-electron chi connectivity index (χ4n) is 2.24. The molecule has 0 bridgehead atoms. The van der Waals surface area contributed by atoms with Gasteiger partial charge in [-0.3, -0.25) is 4.99 Å². The molecule has 1 aliphatic rings. The van der Waals surface area contributed by atoms with Gasteiger partial charge in [-0.1, -0.05) is 13.0 Å². The number of nitrogens with one attached hydrogen (secondary N) is 1. The zero-order chi connectivity index (χ0) is 15.3. The van der Waals surface area contributed by atoms with E-state index in [1.807, 2.05) is 0 Å². The van der Waals surface area contributed by atoms with Crippen LogP contribution in [0.4, 0.5) is 0 Å². The maximum atomic E-state index is 12.4. The van der Waals surface area contributed by atoms with Gasteiger partial charge >= 0.3 is 0 Å². The van der Waals surface area contributed by atoms with Gasteiger partial charge in [0.1, 0.15) is 4.21 Å². The molecule has 0 amide bonds. The first-order valence-electron chi connectivity index (χ1n) is 7.11. The molecule has 2 heterocycles. The third kappa shape index (κ3) is 4.18. The van der Waals surface area contributed by atoms with Crippen molar-refractivity contribution >= 4 is 27.3 Å². The van der Waals surface area contributed by atoms with Crippen LogP contribution in [0.15, 0.2) is 26.7 Å². The number of hydrogen-bond donors (Lipinski definition) is 2. The molecule has 1 aliphatic heterocycles. The van der Waals surface area contributed by atoms with E-state index in [0.29, 0.717) is 29.8 Å².